The number of anilines is 2. The first kappa shape index (κ1) is 20.3. The lowest BCUT2D eigenvalue weighted by Crippen LogP contribution is -2.31. The van der Waals surface area contributed by atoms with Crippen LogP contribution in [0.2, 0.25) is 0 Å². The highest BCUT2D eigenvalue weighted by atomic mass is 16.5. The molecule has 0 bridgehead atoms. The summed E-state index contributed by atoms with van der Waals surface area (Å²) >= 11 is 0. The number of aryl methyl sites for hydroxylation is 1. The highest BCUT2D eigenvalue weighted by Crippen LogP contribution is 2.29. The van der Waals surface area contributed by atoms with Crippen molar-refractivity contribution in [3.63, 3.8) is 0 Å². The predicted molar refractivity (Wildman–Crippen MR) is 103 cm³/mol. The van der Waals surface area contributed by atoms with Crippen LogP contribution in [0.1, 0.15) is 12.5 Å². The average Bonchev–Trinajstić information content (AvgIpc) is 2.65. The van der Waals surface area contributed by atoms with Gasteiger partial charge in [-0.25, -0.2) is 0 Å². The van der Waals surface area contributed by atoms with Crippen LogP contribution in [-0.2, 0) is 14.3 Å². The fourth-order valence-corrected chi connectivity index (χ4v) is 2.35. The number of hydrogen-bond donors (Lipinski definition) is 2. The van der Waals surface area contributed by atoms with Crippen LogP contribution in [-0.4, -0.2) is 38.7 Å². The highest BCUT2D eigenvalue weighted by Gasteiger charge is 2.16. The third kappa shape index (κ3) is 6.00. The van der Waals surface area contributed by atoms with Crippen molar-refractivity contribution in [1.29, 1.82) is 0 Å². The summed E-state index contributed by atoms with van der Waals surface area (Å²) in [4.78, 5) is 24.2. The zero-order valence-electron chi connectivity index (χ0n) is 15.9. The Morgan fingerprint density at radius 3 is 2.33 bits per heavy atom. The van der Waals surface area contributed by atoms with Crippen molar-refractivity contribution < 1.29 is 23.8 Å². The van der Waals surface area contributed by atoms with Crippen LogP contribution in [0.5, 0.6) is 11.5 Å². The first-order valence-corrected chi connectivity index (χ1v) is 8.44. The molecule has 27 heavy (non-hydrogen) atoms. The first-order valence-electron chi connectivity index (χ1n) is 8.44. The van der Waals surface area contributed by atoms with Gasteiger partial charge in [0.1, 0.15) is 12.7 Å². The van der Waals surface area contributed by atoms with E-state index in [0.717, 1.165) is 5.56 Å². The van der Waals surface area contributed by atoms with Crippen LogP contribution in [0.25, 0.3) is 0 Å². The zero-order chi connectivity index (χ0) is 19.8. The fourth-order valence-electron chi connectivity index (χ4n) is 2.35. The Kier molecular flexibility index (Phi) is 7.19. The van der Waals surface area contributed by atoms with Gasteiger partial charge < -0.3 is 24.8 Å². The number of ether oxygens (including phenoxy) is 3. The lowest BCUT2D eigenvalue weighted by molar-refractivity contribution is -0.131. The maximum absolute atomic E-state index is 12.2. The van der Waals surface area contributed by atoms with Crippen molar-refractivity contribution in [1.82, 2.24) is 0 Å². The minimum absolute atomic E-state index is 0.228. The van der Waals surface area contributed by atoms with Crippen molar-refractivity contribution in [3.05, 3.63) is 48.0 Å². The topological polar surface area (TPSA) is 85.9 Å². The smallest absolute Gasteiger partial charge is 0.253 e. The highest BCUT2D eigenvalue weighted by molar-refractivity contribution is 5.95. The van der Waals surface area contributed by atoms with Crippen LogP contribution in [0.4, 0.5) is 11.4 Å². The number of methoxy groups -OCH3 is 2. The number of benzene rings is 2. The van der Waals surface area contributed by atoms with Gasteiger partial charge in [0.15, 0.2) is 11.5 Å². The Balaban J connectivity index is 1.85. The molecule has 0 saturated heterocycles. The molecule has 2 rings (SSSR count). The summed E-state index contributed by atoms with van der Waals surface area (Å²) in [6.07, 6.45) is -0.804. The molecule has 0 heterocycles. The van der Waals surface area contributed by atoms with Crippen molar-refractivity contribution in [2.45, 2.75) is 20.0 Å². The fraction of sp³-hybridized carbons (Fsp3) is 0.300. The summed E-state index contributed by atoms with van der Waals surface area (Å²) in [5, 5.41) is 5.45. The normalized spacial score (nSPS) is 11.4. The number of carbonyl (C=O) groups is 2. The lowest BCUT2D eigenvalue weighted by Gasteiger charge is -2.15. The van der Waals surface area contributed by atoms with E-state index >= 15 is 0 Å². The lowest BCUT2D eigenvalue weighted by atomic mass is 10.2. The van der Waals surface area contributed by atoms with E-state index in [1.54, 1.807) is 31.2 Å². The van der Waals surface area contributed by atoms with Crippen LogP contribution in [0.15, 0.2) is 42.5 Å². The summed E-state index contributed by atoms with van der Waals surface area (Å²) in [5.41, 5.74) is 2.26. The van der Waals surface area contributed by atoms with E-state index in [-0.39, 0.29) is 18.4 Å². The predicted octanol–water partition coefficient (Wildman–Crippen LogP) is 2.99. The van der Waals surface area contributed by atoms with Crippen molar-refractivity contribution in [3.8, 4) is 11.5 Å². The van der Waals surface area contributed by atoms with Gasteiger partial charge >= 0.3 is 0 Å². The second-order valence-corrected chi connectivity index (χ2v) is 5.93. The summed E-state index contributed by atoms with van der Waals surface area (Å²) in [6, 6.07) is 12.5. The van der Waals surface area contributed by atoms with E-state index in [1.165, 1.54) is 14.2 Å². The molecule has 0 aliphatic carbocycles. The third-order valence-corrected chi connectivity index (χ3v) is 3.79. The standard InChI is InChI=1S/C20H24N2O5/c1-13-6-5-7-15(10-13)21-19(23)12-27-14(2)20(24)22-16-8-9-17(25-3)18(11-16)26-4/h5-11,14H,12H2,1-4H3,(H,21,23)(H,22,24). The van der Waals surface area contributed by atoms with Crippen molar-refractivity contribution >= 4 is 23.2 Å². The molecular formula is C20H24N2O5. The molecule has 0 aliphatic rings. The second-order valence-electron chi connectivity index (χ2n) is 5.93. The molecule has 2 amide bonds. The molecule has 0 aliphatic heterocycles. The molecule has 2 aromatic carbocycles. The maximum Gasteiger partial charge on any atom is 0.253 e. The van der Waals surface area contributed by atoms with E-state index in [9.17, 15) is 9.59 Å². The molecule has 7 heteroatoms. The van der Waals surface area contributed by atoms with Gasteiger partial charge in [0, 0.05) is 17.4 Å². The van der Waals surface area contributed by atoms with Crippen LogP contribution >= 0.6 is 0 Å². The van der Waals surface area contributed by atoms with Gasteiger partial charge in [0.2, 0.25) is 5.91 Å². The summed E-state index contributed by atoms with van der Waals surface area (Å²) in [7, 11) is 3.05. The van der Waals surface area contributed by atoms with Gasteiger partial charge in [0.25, 0.3) is 5.91 Å². The molecule has 0 saturated carbocycles. The number of amides is 2. The average molecular weight is 372 g/mol. The molecule has 0 radical (unpaired) electrons. The van der Waals surface area contributed by atoms with E-state index in [1.807, 2.05) is 25.1 Å². The van der Waals surface area contributed by atoms with Crippen molar-refractivity contribution in [2.24, 2.45) is 0 Å². The Hall–Kier alpha value is -3.06. The molecule has 0 fully saturated rings. The Bertz CT molecular complexity index is 807. The van der Waals surface area contributed by atoms with Crippen LogP contribution in [0.3, 0.4) is 0 Å². The molecule has 0 spiro atoms. The molecule has 2 N–H and O–H groups in total. The maximum atomic E-state index is 12.2. The van der Waals surface area contributed by atoms with Gasteiger partial charge in [-0.2, -0.15) is 0 Å². The van der Waals surface area contributed by atoms with E-state index < -0.39 is 6.10 Å². The summed E-state index contributed by atoms with van der Waals surface area (Å²) in [6.45, 7) is 3.29. The molecule has 2 aromatic rings. The Labute approximate surface area is 158 Å². The minimum Gasteiger partial charge on any atom is -0.493 e. The molecular weight excluding hydrogens is 348 g/mol. The second kappa shape index (κ2) is 9.59. The Morgan fingerprint density at radius 1 is 0.963 bits per heavy atom. The number of rotatable bonds is 8. The number of carbonyl (C=O) groups excluding carboxylic acids is 2. The molecule has 0 aromatic heterocycles. The number of nitrogens with one attached hydrogen (secondary N) is 2. The van der Waals surface area contributed by atoms with Gasteiger partial charge in [-0.3, -0.25) is 9.59 Å². The van der Waals surface area contributed by atoms with Gasteiger partial charge in [0.05, 0.1) is 14.2 Å². The number of hydrogen-bond acceptors (Lipinski definition) is 5. The van der Waals surface area contributed by atoms with E-state index in [2.05, 4.69) is 10.6 Å². The SMILES string of the molecule is COc1ccc(NC(=O)C(C)OCC(=O)Nc2cccc(C)c2)cc1OC. The molecule has 144 valence electrons. The van der Waals surface area contributed by atoms with Gasteiger partial charge in [-0.15, -0.1) is 0 Å². The summed E-state index contributed by atoms with van der Waals surface area (Å²) in [5.74, 6) is 0.367. The summed E-state index contributed by atoms with van der Waals surface area (Å²) < 4.78 is 15.7. The van der Waals surface area contributed by atoms with Gasteiger partial charge in [-0.1, -0.05) is 12.1 Å². The zero-order valence-corrected chi connectivity index (χ0v) is 15.9. The first-order chi connectivity index (χ1) is 12.9. The van der Waals surface area contributed by atoms with Gasteiger partial charge in [-0.05, 0) is 43.7 Å². The van der Waals surface area contributed by atoms with Crippen molar-refractivity contribution in [2.75, 3.05) is 31.5 Å². The minimum atomic E-state index is -0.804. The molecule has 7 nitrogen and oxygen atoms in total. The Morgan fingerprint density at radius 2 is 1.67 bits per heavy atom. The van der Waals surface area contributed by atoms with E-state index in [4.69, 9.17) is 14.2 Å². The third-order valence-electron chi connectivity index (χ3n) is 3.79. The van der Waals surface area contributed by atoms with Crippen LogP contribution < -0.4 is 20.1 Å². The largest absolute Gasteiger partial charge is 0.493 e. The van der Waals surface area contributed by atoms with E-state index in [0.29, 0.717) is 22.9 Å². The molecule has 1 unspecified atom stereocenters. The quantitative estimate of drug-likeness (QED) is 0.744. The van der Waals surface area contributed by atoms with Crippen LogP contribution in [0, 0.1) is 6.92 Å². The monoisotopic (exact) mass is 372 g/mol. The molecule has 1 atom stereocenters.